The highest BCUT2D eigenvalue weighted by atomic mass is 16.5. The van der Waals surface area contributed by atoms with E-state index in [1.54, 1.807) is 13.8 Å². The van der Waals surface area contributed by atoms with Crippen molar-refractivity contribution in [1.82, 2.24) is 10.2 Å². The third kappa shape index (κ3) is 4.45. The number of carbonyl (C=O) groups excluding carboxylic acids is 2. The van der Waals surface area contributed by atoms with Crippen LogP contribution >= 0.6 is 0 Å². The third-order valence-corrected chi connectivity index (χ3v) is 5.36. The number of alkyl carbamates (subject to hydrolysis) is 1. The second-order valence-corrected chi connectivity index (χ2v) is 7.18. The first-order valence-corrected chi connectivity index (χ1v) is 10.1. The lowest BCUT2D eigenvalue weighted by molar-refractivity contribution is -0.145. The van der Waals surface area contributed by atoms with Gasteiger partial charge in [0.15, 0.2) is 0 Å². The molecule has 2 aromatic rings. The summed E-state index contributed by atoms with van der Waals surface area (Å²) in [5.74, 6) is -1.60. The zero-order valence-corrected chi connectivity index (χ0v) is 17.1. The van der Waals surface area contributed by atoms with Crippen molar-refractivity contribution in [2.45, 2.75) is 32.2 Å². The molecule has 30 heavy (non-hydrogen) atoms. The number of hydrogen-bond acceptors (Lipinski definition) is 4. The van der Waals surface area contributed by atoms with Crippen LogP contribution in [-0.2, 0) is 14.3 Å². The molecular formula is C23H26N2O5. The number of hydrogen-bond donors (Lipinski definition) is 2. The Balaban J connectivity index is 1.65. The van der Waals surface area contributed by atoms with E-state index in [9.17, 15) is 14.4 Å². The van der Waals surface area contributed by atoms with E-state index in [1.807, 2.05) is 36.4 Å². The minimum Gasteiger partial charge on any atom is -0.480 e. The van der Waals surface area contributed by atoms with E-state index in [-0.39, 0.29) is 19.1 Å². The van der Waals surface area contributed by atoms with Crippen LogP contribution in [0.3, 0.4) is 0 Å². The summed E-state index contributed by atoms with van der Waals surface area (Å²) in [6, 6.07) is 15.2. The van der Waals surface area contributed by atoms with Gasteiger partial charge in [-0.3, -0.25) is 9.59 Å². The summed E-state index contributed by atoms with van der Waals surface area (Å²) in [5.41, 5.74) is 4.48. The van der Waals surface area contributed by atoms with E-state index in [4.69, 9.17) is 9.84 Å². The van der Waals surface area contributed by atoms with E-state index in [1.165, 1.54) is 4.90 Å². The van der Waals surface area contributed by atoms with Crippen LogP contribution in [0.25, 0.3) is 11.1 Å². The van der Waals surface area contributed by atoms with Gasteiger partial charge < -0.3 is 20.1 Å². The van der Waals surface area contributed by atoms with Crippen molar-refractivity contribution >= 4 is 18.0 Å². The molecule has 0 saturated carbocycles. The maximum Gasteiger partial charge on any atom is 0.407 e. The Kier molecular flexibility index (Phi) is 6.72. The van der Waals surface area contributed by atoms with Crippen LogP contribution < -0.4 is 5.32 Å². The molecule has 0 fully saturated rings. The largest absolute Gasteiger partial charge is 0.480 e. The number of amides is 2. The van der Waals surface area contributed by atoms with Gasteiger partial charge in [0.25, 0.3) is 0 Å². The number of carboxylic acids is 1. The predicted molar refractivity (Wildman–Crippen MR) is 112 cm³/mol. The Bertz CT molecular complexity index is 897. The number of fused-ring (bicyclic) bond motifs is 3. The van der Waals surface area contributed by atoms with Crippen molar-refractivity contribution < 1.29 is 24.2 Å². The second kappa shape index (κ2) is 9.43. The van der Waals surface area contributed by atoms with E-state index in [0.717, 1.165) is 22.3 Å². The fraction of sp³-hybridized carbons (Fsp3) is 0.348. The van der Waals surface area contributed by atoms with Gasteiger partial charge in [-0.25, -0.2) is 4.79 Å². The lowest BCUT2D eigenvalue weighted by Crippen LogP contribution is -2.49. The third-order valence-electron chi connectivity index (χ3n) is 5.36. The van der Waals surface area contributed by atoms with Crippen LogP contribution in [0.15, 0.2) is 48.5 Å². The molecule has 1 atom stereocenters. The zero-order valence-electron chi connectivity index (χ0n) is 17.1. The van der Waals surface area contributed by atoms with Gasteiger partial charge in [0, 0.05) is 12.5 Å². The fourth-order valence-corrected chi connectivity index (χ4v) is 3.85. The number of ether oxygens (including phenoxy) is 1. The van der Waals surface area contributed by atoms with Gasteiger partial charge in [-0.05, 0) is 35.6 Å². The molecule has 1 aliphatic rings. The molecule has 2 aromatic carbocycles. The molecule has 0 spiro atoms. The van der Waals surface area contributed by atoms with Gasteiger partial charge >= 0.3 is 12.1 Å². The van der Waals surface area contributed by atoms with Crippen LogP contribution in [0.4, 0.5) is 4.79 Å². The van der Waals surface area contributed by atoms with Gasteiger partial charge in [-0.15, -0.1) is 0 Å². The summed E-state index contributed by atoms with van der Waals surface area (Å²) in [6.45, 7) is 3.44. The Morgan fingerprint density at radius 3 is 2.10 bits per heavy atom. The van der Waals surface area contributed by atoms with Crippen LogP contribution in [0.2, 0.25) is 0 Å². The molecule has 0 aliphatic heterocycles. The van der Waals surface area contributed by atoms with Gasteiger partial charge in [0.1, 0.15) is 19.2 Å². The summed E-state index contributed by atoms with van der Waals surface area (Å²) in [6.07, 6.45) is -0.359. The monoisotopic (exact) mass is 410 g/mol. The minimum absolute atomic E-state index is 0.0712. The number of carboxylic acid groups (broad SMARTS) is 1. The second-order valence-electron chi connectivity index (χ2n) is 7.18. The molecule has 0 saturated heterocycles. The topological polar surface area (TPSA) is 95.9 Å². The molecule has 0 aromatic heterocycles. The molecule has 158 valence electrons. The zero-order chi connectivity index (χ0) is 21.7. The highest BCUT2D eigenvalue weighted by Crippen LogP contribution is 2.44. The van der Waals surface area contributed by atoms with Crippen molar-refractivity contribution in [3.63, 3.8) is 0 Å². The van der Waals surface area contributed by atoms with E-state index >= 15 is 0 Å². The van der Waals surface area contributed by atoms with E-state index in [0.29, 0.717) is 6.42 Å². The van der Waals surface area contributed by atoms with E-state index in [2.05, 4.69) is 17.4 Å². The Hall–Kier alpha value is -3.35. The highest BCUT2D eigenvalue weighted by Gasteiger charge is 2.30. The number of likely N-dealkylation sites (N-methyl/N-ethyl adjacent to an activating group) is 1. The van der Waals surface area contributed by atoms with Gasteiger partial charge in [-0.2, -0.15) is 0 Å². The molecule has 2 amide bonds. The van der Waals surface area contributed by atoms with Crippen LogP contribution in [0.5, 0.6) is 0 Å². The minimum atomic E-state index is -1.10. The number of nitrogens with zero attached hydrogens (tertiary/aromatic N) is 1. The average molecular weight is 410 g/mol. The molecule has 0 radical (unpaired) electrons. The number of rotatable bonds is 8. The molecule has 0 heterocycles. The van der Waals surface area contributed by atoms with Crippen molar-refractivity contribution in [2.24, 2.45) is 0 Å². The molecule has 7 heteroatoms. The van der Waals surface area contributed by atoms with Crippen molar-refractivity contribution in [3.05, 3.63) is 59.7 Å². The van der Waals surface area contributed by atoms with Crippen LogP contribution in [-0.4, -0.2) is 53.7 Å². The first-order valence-electron chi connectivity index (χ1n) is 10.1. The van der Waals surface area contributed by atoms with Gasteiger partial charge in [0.2, 0.25) is 5.91 Å². The molecule has 0 unspecified atom stereocenters. The normalized spacial score (nSPS) is 13.1. The molecule has 2 N–H and O–H groups in total. The van der Waals surface area contributed by atoms with Gasteiger partial charge in [-0.1, -0.05) is 55.5 Å². The quantitative estimate of drug-likeness (QED) is 0.697. The molecular weight excluding hydrogens is 384 g/mol. The summed E-state index contributed by atoms with van der Waals surface area (Å²) < 4.78 is 5.48. The van der Waals surface area contributed by atoms with Crippen molar-refractivity contribution in [1.29, 1.82) is 0 Å². The number of aliphatic carboxylic acids is 1. The lowest BCUT2D eigenvalue weighted by atomic mass is 9.98. The summed E-state index contributed by atoms with van der Waals surface area (Å²) in [4.78, 5) is 37.1. The maximum absolute atomic E-state index is 12.6. The number of nitrogens with one attached hydrogen (secondary N) is 1. The number of benzene rings is 2. The molecule has 3 rings (SSSR count). The standard InChI is InChI=1S/C23H26N2O5/c1-3-20(22(28)25(4-2)13-21(26)27)24-23(29)30-14-19-17-11-7-5-9-15(17)16-10-6-8-12-18(16)19/h5-12,19-20H,3-4,13-14H2,1-2H3,(H,24,29)(H,26,27)/t20-/m1/s1. The Morgan fingerprint density at radius 2 is 1.60 bits per heavy atom. The molecule has 1 aliphatic carbocycles. The lowest BCUT2D eigenvalue weighted by Gasteiger charge is -2.25. The smallest absolute Gasteiger partial charge is 0.407 e. The molecule has 7 nitrogen and oxygen atoms in total. The SMILES string of the molecule is CC[C@@H](NC(=O)OCC1c2ccccc2-c2ccccc21)C(=O)N(CC)CC(=O)O. The average Bonchev–Trinajstić information content (AvgIpc) is 3.07. The first-order chi connectivity index (χ1) is 14.5. The Labute approximate surface area is 175 Å². The summed E-state index contributed by atoms with van der Waals surface area (Å²) >= 11 is 0. The van der Waals surface area contributed by atoms with Crippen molar-refractivity contribution in [3.8, 4) is 11.1 Å². The maximum atomic E-state index is 12.6. The predicted octanol–water partition coefficient (Wildman–Crippen LogP) is 3.24. The van der Waals surface area contributed by atoms with Crippen LogP contribution in [0.1, 0.15) is 37.3 Å². The summed E-state index contributed by atoms with van der Waals surface area (Å²) in [7, 11) is 0. The van der Waals surface area contributed by atoms with Crippen molar-refractivity contribution in [2.75, 3.05) is 19.7 Å². The number of carbonyl (C=O) groups is 3. The molecule has 0 bridgehead atoms. The van der Waals surface area contributed by atoms with E-state index < -0.39 is 30.6 Å². The van der Waals surface area contributed by atoms with Crippen LogP contribution in [0, 0.1) is 0 Å². The first kappa shape index (κ1) is 21.4. The highest BCUT2D eigenvalue weighted by molar-refractivity contribution is 5.88. The van der Waals surface area contributed by atoms with Gasteiger partial charge in [0.05, 0.1) is 0 Å². The Morgan fingerprint density at radius 1 is 1.03 bits per heavy atom. The fourth-order valence-electron chi connectivity index (χ4n) is 3.85. The summed E-state index contributed by atoms with van der Waals surface area (Å²) in [5, 5.41) is 11.5.